The van der Waals surface area contributed by atoms with Gasteiger partial charge in [0, 0.05) is 28.9 Å². The molecule has 2 rings (SSSR count). The van der Waals surface area contributed by atoms with Crippen molar-refractivity contribution in [2.75, 3.05) is 0 Å². The predicted octanol–water partition coefficient (Wildman–Crippen LogP) is 2.72. The van der Waals surface area contributed by atoms with Crippen LogP contribution in [0.5, 0.6) is 11.6 Å². The first kappa shape index (κ1) is 13.8. The van der Waals surface area contributed by atoms with E-state index in [1.165, 1.54) is 36.5 Å². The number of ether oxygens (including phenoxy) is 1. The molecule has 7 nitrogen and oxygen atoms in total. The Morgan fingerprint density at radius 1 is 1.40 bits per heavy atom. The monoisotopic (exact) mass is 292 g/mol. The lowest BCUT2D eigenvalue weighted by atomic mass is 10.2. The van der Waals surface area contributed by atoms with Crippen LogP contribution in [-0.4, -0.2) is 15.7 Å². The number of benzene rings is 1. The summed E-state index contributed by atoms with van der Waals surface area (Å²) >= 11 is 5.71. The number of hydrogen-bond donors (Lipinski definition) is 2. The summed E-state index contributed by atoms with van der Waals surface area (Å²) < 4.78 is 5.34. The molecule has 0 fully saturated rings. The van der Waals surface area contributed by atoms with Gasteiger partial charge < -0.3 is 10.5 Å². The Kier molecular flexibility index (Phi) is 3.81. The third kappa shape index (κ3) is 3.01. The highest BCUT2D eigenvalue weighted by Gasteiger charge is 2.16. The van der Waals surface area contributed by atoms with E-state index in [4.69, 9.17) is 27.5 Å². The third-order valence-corrected chi connectivity index (χ3v) is 2.61. The fraction of sp³-hybridized carbons (Fsp3) is 0. The lowest BCUT2D eigenvalue weighted by molar-refractivity contribution is -0.385. The van der Waals surface area contributed by atoms with Crippen LogP contribution in [0.25, 0.3) is 0 Å². The summed E-state index contributed by atoms with van der Waals surface area (Å²) in [6, 6.07) is 7.07. The van der Waals surface area contributed by atoms with Gasteiger partial charge in [-0.1, -0.05) is 11.6 Å². The Morgan fingerprint density at radius 2 is 2.15 bits per heavy atom. The molecule has 1 aromatic heterocycles. The van der Waals surface area contributed by atoms with Crippen LogP contribution < -0.4 is 10.5 Å². The smallest absolute Gasteiger partial charge is 0.313 e. The predicted molar refractivity (Wildman–Crippen MR) is 73.4 cm³/mol. The Morgan fingerprint density at radius 3 is 2.70 bits per heavy atom. The summed E-state index contributed by atoms with van der Waals surface area (Å²) in [7, 11) is 0. The van der Waals surface area contributed by atoms with Gasteiger partial charge >= 0.3 is 5.69 Å². The van der Waals surface area contributed by atoms with E-state index in [1.807, 2.05) is 0 Å². The number of nitrogen functional groups attached to an aromatic ring is 1. The van der Waals surface area contributed by atoms with Crippen molar-refractivity contribution in [3.8, 4) is 11.6 Å². The van der Waals surface area contributed by atoms with Gasteiger partial charge in [0.15, 0.2) is 0 Å². The lowest BCUT2D eigenvalue weighted by Crippen LogP contribution is -2.11. The maximum Gasteiger partial charge on any atom is 0.313 e. The van der Waals surface area contributed by atoms with Gasteiger partial charge in [0.1, 0.15) is 5.84 Å². The standard InChI is InChI=1S/C12H9ClN4O3/c13-8-2-3-10(9(5-8)17(18)19)20-11-4-1-7(6-16-11)12(14)15/h1-6H,(H3,14,15). The maximum absolute atomic E-state index is 10.9. The van der Waals surface area contributed by atoms with Crippen LogP contribution in [0.4, 0.5) is 5.69 Å². The number of amidine groups is 1. The zero-order chi connectivity index (χ0) is 14.7. The van der Waals surface area contributed by atoms with Gasteiger partial charge in [-0.25, -0.2) is 4.98 Å². The van der Waals surface area contributed by atoms with Crippen molar-refractivity contribution in [1.29, 1.82) is 5.41 Å². The topological polar surface area (TPSA) is 115 Å². The maximum atomic E-state index is 10.9. The molecule has 2 aromatic rings. The molecule has 0 aliphatic rings. The van der Waals surface area contributed by atoms with Crippen molar-refractivity contribution in [2.45, 2.75) is 0 Å². The Balaban J connectivity index is 2.30. The second kappa shape index (κ2) is 5.54. The van der Waals surface area contributed by atoms with E-state index in [1.54, 1.807) is 0 Å². The molecule has 8 heteroatoms. The molecule has 0 bridgehead atoms. The molecule has 1 heterocycles. The van der Waals surface area contributed by atoms with E-state index in [9.17, 15) is 10.1 Å². The minimum Gasteiger partial charge on any atom is -0.432 e. The van der Waals surface area contributed by atoms with Crippen LogP contribution in [0.3, 0.4) is 0 Å². The van der Waals surface area contributed by atoms with Gasteiger partial charge in [0.25, 0.3) is 0 Å². The number of nitro benzene ring substituents is 1. The van der Waals surface area contributed by atoms with E-state index in [2.05, 4.69) is 4.98 Å². The van der Waals surface area contributed by atoms with E-state index in [0.717, 1.165) is 0 Å². The number of halogens is 1. The third-order valence-electron chi connectivity index (χ3n) is 2.38. The SMILES string of the molecule is N=C(N)c1ccc(Oc2ccc(Cl)cc2[N+](=O)[O-])nc1. The average molecular weight is 293 g/mol. The van der Waals surface area contributed by atoms with Crippen molar-refractivity contribution >= 4 is 23.1 Å². The molecule has 3 N–H and O–H groups in total. The molecule has 0 unspecified atom stereocenters. The van der Waals surface area contributed by atoms with Gasteiger partial charge in [-0.2, -0.15) is 0 Å². The van der Waals surface area contributed by atoms with E-state index < -0.39 is 4.92 Å². The summed E-state index contributed by atoms with van der Waals surface area (Å²) in [5, 5.41) is 18.4. The number of nitrogens with two attached hydrogens (primary N) is 1. The number of rotatable bonds is 4. The highest BCUT2D eigenvalue weighted by molar-refractivity contribution is 6.30. The molecule has 0 atom stereocenters. The first-order chi connectivity index (χ1) is 9.47. The Hall–Kier alpha value is -2.67. The van der Waals surface area contributed by atoms with E-state index in [-0.39, 0.29) is 28.2 Å². The second-order valence-electron chi connectivity index (χ2n) is 3.77. The molecule has 0 saturated carbocycles. The number of nitro groups is 1. The molecule has 0 saturated heterocycles. The summed E-state index contributed by atoms with van der Waals surface area (Å²) in [6.45, 7) is 0. The van der Waals surface area contributed by atoms with E-state index in [0.29, 0.717) is 5.56 Å². The first-order valence-corrected chi connectivity index (χ1v) is 5.77. The van der Waals surface area contributed by atoms with Crippen LogP contribution in [0, 0.1) is 15.5 Å². The number of pyridine rings is 1. The molecule has 102 valence electrons. The highest BCUT2D eigenvalue weighted by atomic mass is 35.5. The summed E-state index contributed by atoms with van der Waals surface area (Å²) in [5.74, 6) is 0.0596. The minimum atomic E-state index is -0.592. The van der Waals surface area contributed by atoms with Crippen molar-refractivity contribution in [2.24, 2.45) is 5.73 Å². The van der Waals surface area contributed by atoms with Crippen LogP contribution in [0.15, 0.2) is 36.5 Å². The van der Waals surface area contributed by atoms with Crippen LogP contribution in [-0.2, 0) is 0 Å². The fourth-order valence-corrected chi connectivity index (χ4v) is 1.60. The number of nitrogens with zero attached hydrogens (tertiary/aromatic N) is 2. The number of hydrogen-bond acceptors (Lipinski definition) is 5. The molecular formula is C12H9ClN4O3. The second-order valence-corrected chi connectivity index (χ2v) is 4.21. The highest BCUT2D eigenvalue weighted by Crippen LogP contribution is 2.32. The molecular weight excluding hydrogens is 284 g/mol. The molecule has 1 aromatic carbocycles. The fourth-order valence-electron chi connectivity index (χ4n) is 1.43. The Labute approximate surface area is 118 Å². The summed E-state index contributed by atoms with van der Waals surface area (Å²) in [6.07, 6.45) is 1.35. The first-order valence-electron chi connectivity index (χ1n) is 5.39. The zero-order valence-corrected chi connectivity index (χ0v) is 10.8. The normalized spacial score (nSPS) is 10.1. The van der Waals surface area contributed by atoms with Crippen molar-refractivity contribution in [3.05, 3.63) is 57.2 Å². The van der Waals surface area contributed by atoms with Gasteiger partial charge in [0.2, 0.25) is 11.6 Å². The van der Waals surface area contributed by atoms with Crippen molar-refractivity contribution < 1.29 is 9.66 Å². The zero-order valence-electron chi connectivity index (χ0n) is 10.0. The number of aromatic nitrogens is 1. The quantitative estimate of drug-likeness (QED) is 0.389. The average Bonchev–Trinajstić information content (AvgIpc) is 2.41. The van der Waals surface area contributed by atoms with Crippen molar-refractivity contribution in [1.82, 2.24) is 4.98 Å². The van der Waals surface area contributed by atoms with E-state index >= 15 is 0 Å². The van der Waals surface area contributed by atoms with Crippen LogP contribution >= 0.6 is 11.6 Å². The molecule has 0 spiro atoms. The summed E-state index contributed by atoms with van der Waals surface area (Å²) in [5.41, 5.74) is 5.47. The van der Waals surface area contributed by atoms with Crippen LogP contribution in [0.2, 0.25) is 5.02 Å². The van der Waals surface area contributed by atoms with Crippen molar-refractivity contribution in [3.63, 3.8) is 0 Å². The largest absolute Gasteiger partial charge is 0.432 e. The molecule has 0 aliphatic heterocycles. The minimum absolute atomic E-state index is 0.0301. The molecule has 0 radical (unpaired) electrons. The lowest BCUT2D eigenvalue weighted by Gasteiger charge is -2.06. The Bertz CT molecular complexity index is 673. The van der Waals surface area contributed by atoms with Crippen LogP contribution in [0.1, 0.15) is 5.56 Å². The van der Waals surface area contributed by atoms with Gasteiger partial charge in [-0.05, 0) is 18.2 Å². The molecule has 0 aliphatic carbocycles. The number of nitrogens with one attached hydrogen (secondary N) is 1. The van der Waals surface area contributed by atoms with Gasteiger partial charge in [-0.15, -0.1) is 0 Å². The van der Waals surface area contributed by atoms with Gasteiger partial charge in [0.05, 0.1) is 4.92 Å². The summed E-state index contributed by atoms with van der Waals surface area (Å²) in [4.78, 5) is 14.2. The molecule has 0 amide bonds. The van der Waals surface area contributed by atoms with Gasteiger partial charge in [-0.3, -0.25) is 15.5 Å². The molecule has 20 heavy (non-hydrogen) atoms.